The minimum absolute atomic E-state index is 0.783. The van der Waals surface area contributed by atoms with Gasteiger partial charge >= 0.3 is 0 Å². The number of anilines is 3. The Hall–Kier alpha value is -5.93. The van der Waals surface area contributed by atoms with Crippen LogP contribution in [0.15, 0.2) is 162 Å². The van der Waals surface area contributed by atoms with Crippen LogP contribution in [0, 0.1) is 0 Å². The molecule has 44 heavy (non-hydrogen) atoms. The molecular formula is C41H26N2O. The van der Waals surface area contributed by atoms with Gasteiger partial charge in [0.25, 0.3) is 0 Å². The van der Waals surface area contributed by atoms with Gasteiger partial charge in [0.05, 0.1) is 6.20 Å². The maximum atomic E-state index is 6.13. The fourth-order valence-corrected chi connectivity index (χ4v) is 6.54. The summed E-state index contributed by atoms with van der Waals surface area (Å²) in [4.78, 5) is 7.21. The highest BCUT2D eigenvalue weighted by Crippen LogP contribution is 2.41. The second-order valence-electron chi connectivity index (χ2n) is 11.2. The number of pyridine rings is 1. The minimum Gasteiger partial charge on any atom is -0.454 e. The van der Waals surface area contributed by atoms with E-state index in [1.165, 1.54) is 43.4 Å². The molecule has 9 rings (SSSR count). The third-order valence-corrected chi connectivity index (χ3v) is 8.68. The third-order valence-electron chi connectivity index (χ3n) is 8.68. The Morgan fingerprint density at radius 2 is 1.07 bits per heavy atom. The molecule has 9 aromatic rings. The summed E-state index contributed by atoms with van der Waals surface area (Å²) in [6.45, 7) is 0. The van der Waals surface area contributed by atoms with Crippen molar-refractivity contribution in [3.8, 4) is 11.1 Å². The lowest BCUT2D eigenvalue weighted by Crippen LogP contribution is -2.11. The van der Waals surface area contributed by atoms with Crippen LogP contribution in [0.1, 0.15) is 0 Å². The number of hydrogen-bond donors (Lipinski definition) is 0. The van der Waals surface area contributed by atoms with Crippen LogP contribution in [0.4, 0.5) is 17.2 Å². The van der Waals surface area contributed by atoms with Gasteiger partial charge in [0.15, 0.2) is 5.58 Å². The molecule has 0 unspecified atom stereocenters. The average molecular weight is 563 g/mol. The molecule has 206 valence electrons. The first-order valence-corrected chi connectivity index (χ1v) is 14.9. The summed E-state index contributed by atoms with van der Waals surface area (Å²) in [6.07, 6.45) is 1.85. The van der Waals surface area contributed by atoms with E-state index in [2.05, 4.69) is 138 Å². The van der Waals surface area contributed by atoms with E-state index in [4.69, 9.17) is 9.40 Å². The van der Waals surface area contributed by atoms with Crippen LogP contribution in [0.25, 0.3) is 65.4 Å². The van der Waals surface area contributed by atoms with Gasteiger partial charge in [-0.3, -0.25) is 4.90 Å². The number of para-hydroxylation sites is 1. The first kappa shape index (κ1) is 24.6. The molecule has 0 aliphatic rings. The van der Waals surface area contributed by atoms with Gasteiger partial charge in [-0.2, -0.15) is 0 Å². The van der Waals surface area contributed by atoms with E-state index in [1.54, 1.807) is 0 Å². The Labute approximate surface area is 254 Å². The van der Waals surface area contributed by atoms with Crippen molar-refractivity contribution in [1.29, 1.82) is 0 Å². The number of hydrogen-bond acceptors (Lipinski definition) is 3. The topological polar surface area (TPSA) is 29.3 Å². The summed E-state index contributed by atoms with van der Waals surface area (Å²) in [5.74, 6) is 0.834. The van der Waals surface area contributed by atoms with Crippen molar-refractivity contribution in [2.45, 2.75) is 0 Å². The van der Waals surface area contributed by atoms with E-state index in [0.717, 1.165) is 39.1 Å². The van der Waals surface area contributed by atoms with Gasteiger partial charge in [-0.05, 0) is 79.8 Å². The SMILES string of the molecule is c1ccc(-c2ccc(N(c3ccc4ccc5ccc6ccccc6c5c4c3)c3cc4c(cn3)oc3ccccc34)cc2)cc1. The molecule has 0 amide bonds. The standard InChI is InChI=1S/C41H26N2O/c1-2-8-27(9-3-1)28-18-21-32(22-19-28)43(40-25-37-35-12-6-7-13-38(35)44-39(37)26-42-40)33-23-20-30-15-17-31-16-14-29-10-4-5-11-34(29)41(31)36(30)24-33/h1-26H. The lowest BCUT2D eigenvalue weighted by atomic mass is 9.96. The van der Waals surface area contributed by atoms with Crippen molar-refractivity contribution in [2.75, 3.05) is 4.90 Å². The van der Waals surface area contributed by atoms with E-state index >= 15 is 0 Å². The quantitative estimate of drug-likeness (QED) is 0.200. The van der Waals surface area contributed by atoms with Crippen LogP contribution in [0.2, 0.25) is 0 Å². The minimum atomic E-state index is 0.783. The monoisotopic (exact) mass is 562 g/mol. The summed E-state index contributed by atoms with van der Waals surface area (Å²) < 4.78 is 6.13. The maximum Gasteiger partial charge on any atom is 0.153 e. The Bertz CT molecular complexity index is 2490. The Morgan fingerprint density at radius 3 is 1.91 bits per heavy atom. The largest absolute Gasteiger partial charge is 0.454 e. The lowest BCUT2D eigenvalue weighted by molar-refractivity contribution is 0.667. The molecule has 0 fully saturated rings. The van der Waals surface area contributed by atoms with Crippen LogP contribution in [-0.4, -0.2) is 4.98 Å². The molecule has 0 N–H and O–H groups in total. The fraction of sp³-hybridized carbons (Fsp3) is 0. The van der Waals surface area contributed by atoms with E-state index in [9.17, 15) is 0 Å². The summed E-state index contributed by atoms with van der Waals surface area (Å²) in [5.41, 5.74) is 6.10. The first-order chi connectivity index (χ1) is 21.8. The van der Waals surface area contributed by atoms with Gasteiger partial charge in [-0.15, -0.1) is 0 Å². The van der Waals surface area contributed by atoms with Gasteiger partial charge in [0.1, 0.15) is 11.4 Å². The maximum absolute atomic E-state index is 6.13. The average Bonchev–Trinajstić information content (AvgIpc) is 3.47. The summed E-state index contributed by atoms with van der Waals surface area (Å²) in [6, 6.07) is 53.8. The highest BCUT2D eigenvalue weighted by atomic mass is 16.3. The normalized spacial score (nSPS) is 11.6. The molecule has 0 saturated carbocycles. The third kappa shape index (κ3) is 3.94. The lowest BCUT2D eigenvalue weighted by Gasteiger charge is -2.25. The second-order valence-corrected chi connectivity index (χ2v) is 11.2. The Kier molecular flexibility index (Phi) is 5.50. The molecule has 0 bridgehead atoms. The van der Waals surface area contributed by atoms with Crippen molar-refractivity contribution >= 4 is 71.4 Å². The molecule has 2 heterocycles. The number of nitrogens with zero attached hydrogens (tertiary/aromatic N) is 2. The van der Waals surface area contributed by atoms with Crippen molar-refractivity contribution in [3.63, 3.8) is 0 Å². The van der Waals surface area contributed by atoms with E-state index in [0.29, 0.717) is 0 Å². The predicted octanol–water partition coefficient (Wildman–Crippen LogP) is 11.6. The number of aromatic nitrogens is 1. The molecule has 0 saturated heterocycles. The van der Waals surface area contributed by atoms with Gasteiger partial charge < -0.3 is 4.42 Å². The van der Waals surface area contributed by atoms with Crippen molar-refractivity contribution in [2.24, 2.45) is 0 Å². The predicted molar refractivity (Wildman–Crippen MR) is 184 cm³/mol. The fourth-order valence-electron chi connectivity index (χ4n) is 6.54. The molecule has 2 aromatic heterocycles. The molecule has 0 spiro atoms. The van der Waals surface area contributed by atoms with Crippen molar-refractivity contribution < 1.29 is 4.42 Å². The second kappa shape index (κ2) is 9.82. The number of rotatable bonds is 4. The molecule has 7 aromatic carbocycles. The number of fused-ring (bicyclic) bond motifs is 8. The van der Waals surface area contributed by atoms with Crippen LogP contribution < -0.4 is 4.90 Å². The zero-order chi connectivity index (χ0) is 29.0. The van der Waals surface area contributed by atoms with E-state index < -0.39 is 0 Å². The zero-order valence-electron chi connectivity index (χ0n) is 23.8. The Morgan fingerprint density at radius 1 is 0.432 bits per heavy atom. The first-order valence-electron chi connectivity index (χ1n) is 14.9. The van der Waals surface area contributed by atoms with Crippen molar-refractivity contribution in [1.82, 2.24) is 4.98 Å². The molecular weight excluding hydrogens is 536 g/mol. The molecule has 3 heteroatoms. The van der Waals surface area contributed by atoms with Crippen LogP contribution in [-0.2, 0) is 0 Å². The van der Waals surface area contributed by atoms with Gasteiger partial charge in [-0.1, -0.05) is 115 Å². The summed E-state index contributed by atoms with van der Waals surface area (Å²) in [5, 5.41) is 9.57. The molecule has 0 aliphatic heterocycles. The van der Waals surface area contributed by atoms with Crippen LogP contribution >= 0.6 is 0 Å². The van der Waals surface area contributed by atoms with E-state index in [1.807, 2.05) is 24.4 Å². The summed E-state index contributed by atoms with van der Waals surface area (Å²) in [7, 11) is 0. The van der Waals surface area contributed by atoms with Crippen LogP contribution in [0.3, 0.4) is 0 Å². The van der Waals surface area contributed by atoms with Crippen molar-refractivity contribution in [3.05, 3.63) is 158 Å². The van der Waals surface area contributed by atoms with Gasteiger partial charge in [0.2, 0.25) is 0 Å². The summed E-state index contributed by atoms with van der Waals surface area (Å²) >= 11 is 0. The highest BCUT2D eigenvalue weighted by Gasteiger charge is 2.18. The molecule has 0 aliphatic carbocycles. The number of benzene rings is 7. The molecule has 0 radical (unpaired) electrons. The molecule has 3 nitrogen and oxygen atoms in total. The Balaban J connectivity index is 1.29. The van der Waals surface area contributed by atoms with Gasteiger partial charge in [0, 0.05) is 22.1 Å². The smallest absolute Gasteiger partial charge is 0.153 e. The zero-order valence-corrected chi connectivity index (χ0v) is 23.8. The highest BCUT2D eigenvalue weighted by molar-refractivity contribution is 6.20. The number of furan rings is 1. The van der Waals surface area contributed by atoms with Gasteiger partial charge in [-0.25, -0.2) is 4.98 Å². The van der Waals surface area contributed by atoms with E-state index in [-0.39, 0.29) is 0 Å². The molecule has 0 atom stereocenters. The van der Waals surface area contributed by atoms with Crippen LogP contribution in [0.5, 0.6) is 0 Å².